The minimum absolute atomic E-state index is 0.119. The van der Waals surface area contributed by atoms with E-state index in [1.165, 1.54) is 0 Å². The van der Waals surface area contributed by atoms with Gasteiger partial charge in [-0.1, -0.05) is 13.8 Å². The Morgan fingerprint density at radius 1 is 1.19 bits per heavy atom. The SMILES string of the molecule is CC(C)CCOCCN1CCC(=O)N2CCCCC2C1=O. The van der Waals surface area contributed by atoms with Crippen molar-refractivity contribution in [1.82, 2.24) is 9.80 Å². The Hall–Kier alpha value is -1.10. The van der Waals surface area contributed by atoms with Gasteiger partial charge in [-0.2, -0.15) is 0 Å². The Bertz CT molecular complexity index is 371. The van der Waals surface area contributed by atoms with Crippen LogP contribution in [-0.4, -0.2) is 60.5 Å². The Kier molecular flexibility index (Phi) is 6.03. The van der Waals surface area contributed by atoms with Gasteiger partial charge in [-0.25, -0.2) is 0 Å². The van der Waals surface area contributed by atoms with Crippen molar-refractivity contribution in [3.8, 4) is 0 Å². The quantitative estimate of drug-likeness (QED) is 0.701. The summed E-state index contributed by atoms with van der Waals surface area (Å²) in [5, 5.41) is 0. The van der Waals surface area contributed by atoms with Crippen molar-refractivity contribution in [2.24, 2.45) is 5.92 Å². The third kappa shape index (κ3) is 4.43. The van der Waals surface area contributed by atoms with E-state index in [4.69, 9.17) is 4.74 Å². The molecule has 2 rings (SSSR count). The predicted octanol–water partition coefficient (Wildman–Crippen LogP) is 1.66. The largest absolute Gasteiger partial charge is 0.380 e. The number of carbonyl (C=O) groups is 2. The molecular formula is C16H28N2O3. The Morgan fingerprint density at radius 3 is 2.76 bits per heavy atom. The van der Waals surface area contributed by atoms with E-state index in [0.717, 1.165) is 38.8 Å². The van der Waals surface area contributed by atoms with Crippen molar-refractivity contribution in [3.05, 3.63) is 0 Å². The van der Waals surface area contributed by atoms with E-state index in [-0.39, 0.29) is 17.9 Å². The van der Waals surface area contributed by atoms with Crippen molar-refractivity contribution >= 4 is 11.8 Å². The number of carbonyl (C=O) groups excluding carboxylic acids is 2. The minimum atomic E-state index is -0.218. The molecule has 2 heterocycles. The lowest BCUT2D eigenvalue weighted by Gasteiger charge is -2.34. The summed E-state index contributed by atoms with van der Waals surface area (Å²) < 4.78 is 5.61. The number of rotatable bonds is 6. The monoisotopic (exact) mass is 296 g/mol. The van der Waals surface area contributed by atoms with E-state index >= 15 is 0 Å². The van der Waals surface area contributed by atoms with Crippen LogP contribution in [0, 0.1) is 5.92 Å². The average Bonchev–Trinajstić information content (AvgIpc) is 2.59. The summed E-state index contributed by atoms with van der Waals surface area (Å²) in [6.45, 7) is 7.55. The first-order valence-electron chi connectivity index (χ1n) is 8.25. The zero-order valence-corrected chi connectivity index (χ0v) is 13.3. The molecule has 0 aliphatic carbocycles. The summed E-state index contributed by atoms with van der Waals surface area (Å²) in [4.78, 5) is 28.3. The van der Waals surface area contributed by atoms with Crippen LogP contribution in [0.4, 0.5) is 0 Å². The summed E-state index contributed by atoms with van der Waals surface area (Å²) in [6, 6.07) is -0.218. The number of piperidine rings is 1. The molecule has 0 N–H and O–H groups in total. The van der Waals surface area contributed by atoms with Gasteiger partial charge in [0.05, 0.1) is 6.61 Å². The lowest BCUT2D eigenvalue weighted by molar-refractivity contribution is -0.143. The highest BCUT2D eigenvalue weighted by molar-refractivity contribution is 5.90. The molecule has 2 saturated heterocycles. The van der Waals surface area contributed by atoms with E-state index < -0.39 is 0 Å². The number of amides is 2. The molecule has 0 aromatic carbocycles. The van der Waals surface area contributed by atoms with Crippen LogP contribution in [0.2, 0.25) is 0 Å². The van der Waals surface area contributed by atoms with Crippen molar-refractivity contribution in [2.75, 3.05) is 32.8 Å². The molecule has 5 nitrogen and oxygen atoms in total. The first-order valence-corrected chi connectivity index (χ1v) is 8.25. The number of ether oxygens (including phenoxy) is 1. The second kappa shape index (κ2) is 7.78. The fourth-order valence-electron chi connectivity index (χ4n) is 3.00. The summed E-state index contributed by atoms with van der Waals surface area (Å²) in [7, 11) is 0. The average molecular weight is 296 g/mol. The van der Waals surface area contributed by atoms with Crippen LogP contribution >= 0.6 is 0 Å². The molecule has 2 aliphatic rings. The molecule has 0 saturated carbocycles. The van der Waals surface area contributed by atoms with Crippen LogP contribution in [-0.2, 0) is 14.3 Å². The number of hydrogen-bond donors (Lipinski definition) is 0. The van der Waals surface area contributed by atoms with Crippen LogP contribution in [0.5, 0.6) is 0 Å². The molecule has 2 amide bonds. The lowest BCUT2D eigenvalue weighted by atomic mass is 10.0. The van der Waals surface area contributed by atoms with E-state index in [0.29, 0.717) is 32.0 Å². The summed E-state index contributed by atoms with van der Waals surface area (Å²) >= 11 is 0. The van der Waals surface area contributed by atoms with Crippen molar-refractivity contribution in [3.63, 3.8) is 0 Å². The van der Waals surface area contributed by atoms with Gasteiger partial charge >= 0.3 is 0 Å². The van der Waals surface area contributed by atoms with Crippen molar-refractivity contribution in [1.29, 1.82) is 0 Å². The molecule has 120 valence electrons. The minimum Gasteiger partial charge on any atom is -0.380 e. The Morgan fingerprint density at radius 2 is 2.00 bits per heavy atom. The zero-order valence-electron chi connectivity index (χ0n) is 13.3. The molecule has 21 heavy (non-hydrogen) atoms. The molecular weight excluding hydrogens is 268 g/mol. The Labute approximate surface area is 127 Å². The third-order valence-corrected chi connectivity index (χ3v) is 4.36. The topological polar surface area (TPSA) is 49.9 Å². The molecule has 5 heteroatoms. The van der Waals surface area contributed by atoms with Crippen LogP contribution in [0.15, 0.2) is 0 Å². The molecule has 0 bridgehead atoms. The number of nitrogens with zero attached hydrogens (tertiary/aromatic N) is 2. The standard InChI is InChI=1S/C16H28N2O3/c1-13(2)7-11-21-12-10-17-9-6-15(19)18-8-4-3-5-14(18)16(17)20/h13-14H,3-12H2,1-2H3. The molecule has 2 aliphatic heterocycles. The van der Waals surface area contributed by atoms with Gasteiger partial charge in [0, 0.05) is 32.7 Å². The van der Waals surface area contributed by atoms with Gasteiger partial charge in [-0.05, 0) is 31.6 Å². The van der Waals surface area contributed by atoms with Gasteiger partial charge in [-0.15, -0.1) is 0 Å². The fourth-order valence-corrected chi connectivity index (χ4v) is 3.00. The maximum atomic E-state index is 12.6. The van der Waals surface area contributed by atoms with Gasteiger partial charge < -0.3 is 14.5 Å². The van der Waals surface area contributed by atoms with Crippen LogP contribution in [0.25, 0.3) is 0 Å². The fraction of sp³-hybridized carbons (Fsp3) is 0.875. The van der Waals surface area contributed by atoms with Crippen LogP contribution in [0.1, 0.15) is 46.0 Å². The highest BCUT2D eigenvalue weighted by Gasteiger charge is 2.37. The van der Waals surface area contributed by atoms with E-state index in [9.17, 15) is 9.59 Å². The second-order valence-electron chi connectivity index (χ2n) is 6.47. The van der Waals surface area contributed by atoms with E-state index in [2.05, 4.69) is 13.8 Å². The highest BCUT2D eigenvalue weighted by atomic mass is 16.5. The molecule has 0 aromatic rings. The van der Waals surface area contributed by atoms with Gasteiger partial charge in [0.1, 0.15) is 6.04 Å². The van der Waals surface area contributed by atoms with E-state index in [1.54, 1.807) is 4.90 Å². The van der Waals surface area contributed by atoms with Crippen LogP contribution in [0.3, 0.4) is 0 Å². The summed E-state index contributed by atoms with van der Waals surface area (Å²) in [6.07, 6.45) is 4.37. The van der Waals surface area contributed by atoms with Gasteiger partial charge in [0.2, 0.25) is 11.8 Å². The predicted molar refractivity (Wildman–Crippen MR) is 80.8 cm³/mol. The first-order chi connectivity index (χ1) is 10.1. The molecule has 2 fully saturated rings. The second-order valence-corrected chi connectivity index (χ2v) is 6.47. The zero-order chi connectivity index (χ0) is 15.2. The first kappa shape index (κ1) is 16.3. The van der Waals surface area contributed by atoms with Gasteiger partial charge in [0.15, 0.2) is 0 Å². The summed E-state index contributed by atoms with van der Waals surface area (Å²) in [5.74, 6) is 0.891. The smallest absolute Gasteiger partial charge is 0.245 e. The third-order valence-electron chi connectivity index (χ3n) is 4.36. The number of fused-ring (bicyclic) bond motifs is 1. The molecule has 1 unspecified atom stereocenters. The van der Waals surface area contributed by atoms with Gasteiger partial charge in [-0.3, -0.25) is 9.59 Å². The molecule has 0 radical (unpaired) electrons. The maximum absolute atomic E-state index is 12.6. The molecule has 0 spiro atoms. The normalized spacial score (nSPS) is 23.5. The van der Waals surface area contributed by atoms with E-state index in [1.807, 2.05) is 4.90 Å². The summed E-state index contributed by atoms with van der Waals surface area (Å²) in [5.41, 5.74) is 0. The lowest BCUT2D eigenvalue weighted by Crippen LogP contribution is -2.50. The van der Waals surface area contributed by atoms with Gasteiger partial charge in [0.25, 0.3) is 0 Å². The maximum Gasteiger partial charge on any atom is 0.245 e. The van der Waals surface area contributed by atoms with Crippen molar-refractivity contribution < 1.29 is 14.3 Å². The van der Waals surface area contributed by atoms with Crippen LogP contribution < -0.4 is 0 Å². The molecule has 1 atom stereocenters. The number of hydrogen-bond acceptors (Lipinski definition) is 3. The van der Waals surface area contributed by atoms with Crippen molar-refractivity contribution in [2.45, 2.75) is 52.0 Å². The molecule has 0 aromatic heterocycles. The Balaban J connectivity index is 1.82. The highest BCUT2D eigenvalue weighted by Crippen LogP contribution is 2.22.